The molecule has 1 fully saturated rings. The molecule has 2 N–H and O–H groups in total. The second kappa shape index (κ2) is 9.52. The molecule has 0 saturated carbocycles. The highest BCUT2D eigenvalue weighted by atomic mass is 32.2. The van der Waals surface area contributed by atoms with Crippen LogP contribution in [0.1, 0.15) is 29.6 Å². The highest BCUT2D eigenvalue weighted by Crippen LogP contribution is 2.24. The Morgan fingerprint density at radius 3 is 2.49 bits per heavy atom. The Kier molecular flexibility index (Phi) is 6.65. The molecule has 2 heterocycles. The van der Waals surface area contributed by atoms with Crippen LogP contribution in [0.2, 0.25) is 0 Å². The highest BCUT2D eigenvalue weighted by Gasteiger charge is 2.30. The third-order valence-corrected chi connectivity index (χ3v) is 7.30. The fourth-order valence-corrected chi connectivity index (χ4v) is 5.34. The number of sulfonamides is 1. The van der Waals surface area contributed by atoms with E-state index >= 15 is 0 Å². The van der Waals surface area contributed by atoms with Gasteiger partial charge in [-0.1, -0.05) is 17.4 Å². The van der Waals surface area contributed by atoms with Crippen LogP contribution in [-0.4, -0.2) is 43.8 Å². The summed E-state index contributed by atoms with van der Waals surface area (Å²) in [6.07, 6.45) is 0.225. The Morgan fingerprint density at radius 1 is 1.11 bits per heavy atom. The summed E-state index contributed by atoms with van der Waals surface area (Å²) in [5.74, 6) is -1.79. The summed E-state index contributed by atoms with van der Waals surface area (Å²) in [5.41, 5.74) is 0.989. The predicted molar refractivity (Wildman–Crippen MR) is 126 cm³/mol. The lowest BCUT2D eigenvalue weighted by Gasteiger charge is -2.14. The van der Waals surface area contributed by atoms with Gasteiger partial charge in [0.1, 0.15) is 0 Å². The van der Waals surface area contributed by atoms with Crippen LogP contribution in [0, 0.1) is 0 Å². The molecule has 3 aromatic rings. The quantitative estimate of drug-likeness (QED) is 0.382. The minimum Gasteiger partial charge on any atom is -0.469 e. The lowest BCUT2D eigenvalue weighted by molar-refractivity contribution is -0.140. The number of nitrogens with zero attached hydrogens (tertiary/aromatic N) is 3. The van der Waals surface area contributed by atoms with E-state index in [9.17, 15) is 27.6 Å². The zero-order valence-corrected chi connectivity index (χ0v) is 20.1. The van der Waals surface area contributed by atoms with E-state index in [1.807, 2.05) is 0 Å². The SMILES string of the molecule is COC(=O)CCn1c(=NC(=O)c2cccc(N3C(=O)CCC3=O)c2)sc2cc(S(N)(=O)=O)ccc21. The first kappa shape index (κ1) is 24.4. The number of imide groups is 1. The van der Waals surface area contributed by atoms with E-state index < -0.39 is 21.9 Å². The van der Waals surface area contributed by atoms with Gasteiger partial charge in [0.2, 0.25) is 21.8 Å². The second-order valence-electron chi connectivity index (χ2n) is 7.63. The average molecular weight is 517 g/mol. The van der Waals surface area contributed by atoms with Crippen molar-refractivity contribution in [3.63, 3.8) is 0 Å². The number of fused-ring (bicyclic) bond motifs is 1. The number of anilines is 1. The van der Waals surface area contributed by atoms with Crippen LogP contribution in [0.3, 0.4) is 0 Å². The monoisotopic (exact) mass is 516 g/mol. The summed E-state index contributed by atoms with van der Waals surface area (Å²) in [4.78, 5) is 54.2. The van der Waals surface area contributed by atoms with Crippen molar-refractivity contribution in [2.75, 3.05) is 12.0 Å². The number of benzene rings is 2. The maximum absolute atomic E-state index is 13.0. The summed E-state index contributed by atoms with van der Waals surface area (Å²) in [6, 6.07) is 10.3. The molecule has 11 nitrogen and oxygen atoms in total. The first-order valence-electron chi connectivity index (χ1n) is 10.4. The minimum atomic E-state index is -3.95. The molecule has 2 aromatic carbocycles. The van der Waals surface area contributed by atoms with Crippen LogP contribution in [0.4, 0.5) is 5.69 Å². The molecule has 0 unspecified atom stereocenters. The third kappa shape index (κ3) is 5.06. The van der Waals surface area contributed by atoms with Crippen molar-refractivity contribution < 1.29 is 32.3 Å². The van der Waals surface area contributed by atoms with E-state index in [1.165, 1.54) is 37.4 Å². The van der Waals surface area contributed by atoms with Crippen LogP contribution in [0.25, 0.3) is 10.2 Å². The molecule has 1 saturated heterocycles. The smallest absolute Gasteiger partial charge is 0.307 e. The summed E-state index contributed by atoms with van der Waals surface area (Å²) in [6.45, 7) is 0.129. The Morgan fingerprint density at radius 2 is 1.83 bits per heavy atom. The van der Waals surface area contributed by atoms with Crippen molar-refractivity contribution in [2.45, 2.75) is 30.7 Å². The number of carbonyl (C=O) groups excluding carboxylic acids is 4. The van der Waals surface area contributed by atoms with Crippen LogP contribution in [0.5, 0.6) is 0 Å². The molecular weight excluding hydrogens is 496 g/mol. The lowest BCUT2D eigenvalue weighted by atomic mass is 10.2. The summed E-state index contributed by atoms with van der Waals surface area (Å²) < 4.78 is 30.3. The molecule has 0 spiro atoms. The number of methoxy groups -OCH3 is 1. The number of aryl methyl sites for hydroxylation is 1. The van der Waals surface area contributed by atoms with E-state index in [1.54, 1.807) is 16.7 Å². The maximum atomic E-state index is 13.0. The van der Waals surface area contributed by atoms with E-state index in [4.69, 9.17) is 9.88 Å². The number of hydrogen-bond acceptors (Lipinski definition) is 8. The van der Waals surface area contributed by atoms with E-state index in [0.717, 1.165) is 16.2 Å². The molecule has 0 atom stereocenters. The van der Waals surface area contributed by atoms with Gasteiger partial charge in [-0.15, -0.1) is 0 Å². The van der Waals surface area contributed by atoms with Gasteiger partial charge in [0.05, 0.1) is 34.3 Å². The van der Waals surface area contributed by atoms with Crippen LogP contribution < -0.4 is 14.8 Å². The van der Waals surface area contributed by atoms with Gasteiger partial charge in [-0.25, -0.2) is 13.6 Å². The molecule has 4 rings (SSSR count). The summed E-state index contributed by atoms with van der Waals surface area (Å²) in [7, 11) is -2.69. The van der Waals surface area contributed by atoms with Crippen LogP contribution in [-0.2, 0) is 35.7 Å². The number of primary sulfonamides is 1. The summed E-state index contributed by atoms with van der Waals surface area (Å²) in [5, 5.41) is 5.23. The molecule has 13 heteroatoms. The number of hydrogen-bond donors (Lipinski definition) is 1. The van der Waals surface area contributed by atoms with Gasteiger partial charge >= 0.3 is 5.97 Å². The molecule has 3 amide bonds. The van der Waals surface area contributed by atoms with Crippen molar-refractivity contribution in [3.05, 3.63) is 52.8 Å². The van der Waals surface area contributed by atoms with Gasteiger partial charge in [-0.2, -0.15) is 4.99 Å². The van der Waals surface area contributed by atoms with Crippen LogP contribution in [0.15, 0.2) is 52.4 Å². The number of carbonyl (C=O) groups is 4. The van der Waals surface area contributed by atoms with Gasteiger partial charge in [0, 0.05) is 24.9 Å². The molecule has 35 heavy (non-hydrogen) atoms. The topological polar surface area (TPSA) is 158 Å². The molecule has 0 bridgehead atoms. The minimum absolute atomic E-state index is 0.00465. The van der Waals surface area contributed by atoms with Gasteiger partial charge in [-0.3, -0.25) is 24.1 Å². The fourth-order valence-electron chi connectivity index (χ4n) is 3.63. The van der Waals surface area contributed by atoms with Crippen molar-refractivity contribution in [1.82, 2.24) is 4.57 Å². The number of thiazole rings is 1. The number of nitrogens with two attached hydrogens (primary N) is 1. The Labute approximate surface area is 203 Å². The second-order valence-corrected chi connectivity index (χ2v) is 10.2. The Hall–Kier alpha value is -3.68. The van der Waals surface area contributed by atoms with Crippen LogP contribution >= 0.6 is 11.3 Å². The molecule has 1 aliphatic rings. The molecule has 1 aliphatic heterocycles. The third-order valence-electron chi connectivity index (χ3n) is 5.35. The van der Waals surface area contributed by atoms with Crippen molar-refractivity contribution >= 4 is 61.0 Å². The molecule has 0 radical (unpaired) electrons. The van der Waals surface area contributed by atoms with Gasteiger partial charge in [-0.05, 0) is 36.4 Å². The molecule has 1 aromatic heterocycles. The number of rotatable bonds is 6. The fraction of sp³-hybridized carbons (Fsp3) is 0.227. The van der Waals surface area contributed by atoms with E-state index in [2.05, 4.69) is 4.99 Å². The molecular formula is C22H20N4O7S2. The lowest BCUT2D eigenvalue weighted by Crippen LogP contribution is -2.28. The van der Waals surface area contributed by atoms with E-state index in [0.29, 0.717) is 10.2 Å². The first-order valence-corrected chi connectivity index (χ1v) is 12.7. The van der Waals surface area contributed by atoms with Gasteiger partial charge in [0.25, 0.3) is 5.91 Å². The summed E-state index contributed by atoms with van der Waals surface area (Å²) >= 11 is 1.05. The standard InChI is InChI=1S/C22H20N4O7S2/c1-33-20(29)9-10-25-16-6-5-15(35(23,31)32)12-17(16)34-22(25)24-21(30)13-3-2-4-14(11-13)26-18(27)7-8-19(26)28/h2-6,11-12H,7-10H2,1H3,(H2,23,31,32). The van der Waals surface area contributed by atoms with Gasteiger partial charge in [0.15, 0.2) is 4.80 Å². The first-order chi connectivity index (χ1) is 16.6. The number of esters is 1. The van der Waals surface area contributed by atoms with Crippen molar-refractivity contribution in [3.8, 4) is 0 Å². The number of aromatic nitrogens is 1. The van der Waals surface area contributed by atoms with Gasteiger partial charge < -0.3 is 9.30 Å². The molecule has 0 aliphatic carbocycles. The predicted octanol–water partition coefficient (Wildman–Crippen LogP) is 1.31. The number of amides is 3. The molecule has 182 valence electrons. The zero-order chi connectivity index (χ0) is 25.3. The largest absolute Gasteiger partial charge is 0.469 e. The van der Waals surface area contributed by atoms with Crippen molar-refractivity contribution in [1.29, 1.82) is 0 Å². The number of ether oxygens (including phenoxy) is 1. The zero-order valence-electron chi connectivity index (χ0n) is 18.5. The Bertz CT molecular complexity index is 1540. The maximum Gasteiger partial charge on any atom is 0.307 e. The van der Waals surface area contributed by atoms with E-state index in [-0.39, 0.29) is 58.6 Å². The highest BCUT2D eigenvalue weighted by molar-refractivity contribution is 7.89. The van der Waals surface area contributed by atoms with Crippen molar-refractivity contribution in [2.24, 2.45) is 10.1 Å². The Balaban J connectivity index is 1.78. The average Bonchev–Trinajstić information content (AvgIpc) is 3.34. The normalized spacial score (nSPS) is 14.7.